The summed E-state index contributed by atoms with van der Waals surface area (Å²) in [5.41, 5.74) is 5.02. The minimum Gasteiger partial charge on any atom is -0.481 e. The molecule has 7 nitrogen and oxygen atoms in total. The van der Waals surface area contributed by atoms with Crippen molar-refractivity contribution in [2.75, 3.05) is 38.2 Å². The van der Waals surface area contributed by atoms with Crippen LogP contribution in [0.4, 0.5) is 5.69 Å². The number of ether oxygens (including phenoxy) is 1. The summed E-state index contributed by atoms with van der Waals surface area (Å²) in [4.78, 5) is 21.5. The Bertz CT molecular complexity index is 1010. The van der Waals surface area contributed by atoms with Gasteiger partial charge in [-0.05, 0) is 32.0 Å². The van der Waals surface area contributed by atoms with E-state index in [2.05, 4.69) is 15.0 Å². The van der Waals surface area contributed by atoms with Gasteiger partial charge in [-0.3, -0.25) is 4.79 Å². The second kappa shape index (κ2) is 8.57. The Balaban J connectivity index is 1.40. The first-order valence-electron chi connectivity index (χ1n) is 10.2. The molecule has 30 heavy (non-hydrogen) atoms. The summed E-state index contributed by atoms with van der Waals surface area (Å²) in [5, 5.41) is 4.66. The number of carbonyl (C=O) groups excluding carboxylic acids is 1. The van der Waals surface area contributed by atoms with Crippen LogP contribution in [0.15, 0.2) is 48.7 Å². The Kier molecular flexibility index (Phi) is 5.70. The molecule has 0 unspecified atom stereocenters. The summed E-state index contributed by atoms with van der Waals surface area (Å²) < 4.78 is 7.04. The van der Waals surface area contributed by atoms with E-state index in [9.17, 15) is 4.79 Å². The number of aromatic nitrogens is 3. The van der Waals surface area contributed by atoms with Gasteiger partial charge in [-0.15, -0.1) is 0 Å². The van der Waals surface area contributed by atoms with Gasteiger partial charge in [-0.1, -0.05) is 18.2 Å². The predicted molar refractivity (Wildman–Crippen MR) is 116 cm³/mol. The lowest BCUT2D eigenvalue weighted by Crippen LogP contribution is -2.49. The second-order valence-corrected chi connectivity index (χ2v) is 7.50. The fraction of sp³-hybridized carbons (Fsp3) is 0.348. The molecule has 1 amide bonds. The van der Waals surface area contributed by atoms with Crippen molar-refractivity contribution in [3.05, 3.63) is 65.6 Å². The van der Waals surface area contributed by atoms with Crippen molar-refractivity contribution in [2.24, 2.45) is 0 Å². The number of rotatable bonds is 5. The van der Waals surface area contributed by atoms with Crippen LogP contribution < -0.4 is 9.64 Å². The number of pyridine rings is 1. The third kappa shape index (κ3) is 4.01. The molecule has 1 fully saturated rings. The topological polar surface area (TPSA) is 63.5 Å². The third-order valence-electron chi connectivity index (χ3n) is 5.70. The molecule has 156 valence electrons. The standard InChI is InChI=1S/C23H27N5O2/c1-17-21(18(2)28(25-17)19-7-5-4-6-8-19)15-23(29)27-13-11-26(12-14-27)20-9-10-22(30-3)24-16-20/h4-10,16H,11-15H2,1-3H3. The van der Waals surface area contributed by atoms with Crippen molar-refractivity contribution >= 4 is 11.6 Å². The number of nitrogens with zero attached hydrogens (tertiary/aromatic N) is 5. The monoisotopic (exact) mass is 405 g/mol. The van der Waals surface area contributed by atoms with E-state index in [4.69, 9.17) is 4.74 Å². The van der Waals surface area contributed by atoms with Crippen LogP contribution in [0.3, 0.4) is 0 Å². The van der Waals surface area contributed by atoms with Crippen LogP contribution >= 0.6 is 0 Å². The summed E-state index contributed by atoms with van der Waals surface area (Å²) in [5.74, 6) is 0.760. The van der Waals surface area contributed by atoms with Gasteiger partial charge in [-0.2, -0.15) is 5.10 Å². The smallest absolute Gasteiger partial charge is 0.227 e. The highest BCUT2D eigenvalue weighted by Crippen LogP contribution is 2.21. The molecule has 0 saturated carbocycles. The van der Waals surface area contributed by atoms with E-state index in [0.29, 0.717) is 25.4 Å². The Morgan fingerprint density at radius 3 is 2.37 bits per heavy atom. The normalized spacial score (nSPS) is 14.1. The lowest BCUT2D eigenvalue weighted by Gasteiger charge is -2.36. The van der Waals surface area contributed by atoms with Gasteiger partial charge in [0.25, 0.3) is 0 Å². The Morgan fingerprint density at radius 2 is 1.73 bits per heavy atom. The molecule has 0 N–H and O–H groups in total. The van der Waals surface area contributed by atoms with E-state index >= 15 is 0 Å². The number of hydrogen-bond donors (Lipinski definition) is 0. The number of aryl methyl sites for hydroxylation is 1. The van der Waals surface area contributed by atoms with Crippen molar-refractivity contribution in [3.8, 4) is 11.6 Å². The van der Waals surface area contributed by atoms with Crippen LogP contribution in [0.5, 0.6) is 5.88 Å². The van der Waals surface area contributed by atoms with Gasteiger partial charge in [0, 0.05) is 43.5 Å². The number of methoxy groups -OCH3 is 1. The van der Waals surface area contributed by atoms with Crippen LogP contribution in [0.25, 0.3) is 5.69 Å². The highest BCUT2D eigenvalue weighted by Gasteiger charge is 2.24. The molecule has 0 aliphatic carbocycles. The molecular formula is C23H27N5O2. The van der Waals surface area contributed by atoms with Crippen LogP contribution in [0, 0.1) is 13.8 Å². The zero-order valence-corrected chi connectivity index (χ0v) is 17.7. The summed E-state index contributed by atoms with van der Waals surface area (Å²) >= 11 is 0. The molecule has 0 radical (unpaired) electrons. The average Bonchev–Trinajstić information content (AvgIpc) is 3.08. The van der Waals surface area contributed by atoms with Gasteiger partial charge in [0.15, 0.2) is 0 Å². The quantitative estimate of drug-likeness (QED) is 0.653. The molecular weight excluding hydrogens is 378 g/mol. The summed E-state index contributed by atoms with van der Waals surface area (Å²) in [6, 6.07) is 13.9. The first-order chi connectivity index (χ1) is 14.6. The van der Waals surface area contributed by atoms with E-state index in [1.807, 2.05) is 72.1 Å². The summed E-state index contributed by atoms with van der Waals surface area (Å²) in [7, 11) is 1.61. The van der Waals surface area contributed by atoms with Crippen LogP contribution in [0.1, 0.15) is 17.0 Å². The van der Waals surface area contributed by atoms with Gasteiger partial charge in [-0.25, -0.2) is 9.67 Å². The zero-order chi connectivity index (χ0) is 21.1. The third-order valence-corrected chi connectivity index (χ3v) is 5.70. The molecule has 7 heteroatoms. The van der Waals surface area contributed by atoms with Crippen molar-refractivity contribution in [3.63, 3.8) is 0 Å². The van der Waals surface area contributed by atoms with Gasteiger partial charge in [0.1, 0.15) is 0 Å². The number of anilines is 1. The van der Waals surface area contributed by atoms with E-state index in [1.54, 1.807) is 7.11 Å². The van der Waals surface area contributed by atoms with Crippen LogP contribution in [0.2, 0.25) is 0 Å². The molecule has 2 aromatic heterocycles. The molecule has 1 aliphatic heterocycles. The highest BCUT2D eigenvalue weighted by atomic mass is 16.5. The van der Waals surface area contributed by atoms with Gasteiger partial charge >= 0.3 is 0 Å². The first kappa shape index (κ1) is 19.9. The Morgan fingerprint density at radius 1 is 1.00 bits per heavy atom. The molecule has 1 saturated heterocycles. The average molecular weight is 406 g/mol. The fourth-order valence-corrected chi connectivity index (χ4v) is 3.91. The molecule has 0 atom stereocenters. The number of piperazine rings is 1. The number of hydrogen-bond acceptors (Lipinski definition) is 5. The largest absolute Gasteiger partial charge is 0.481 e. The van der Waals surface area contributed by atoms with Crippen molar-refractivity contribution < 1.29 is 9.53 Å². The molecule has 0 spiro atoms. The summed E-state index contributed by atoms with van der Waals surface area (Å²) in [6.45, 7) is 7.00. The van der Waals surface area contributed by atoms with Gasteiger partial charge < -0.3 is 14.5 Å². The molecule has 1 aromatic carbocycles. The van der Waals surface area contributed by atoms with Crippen molar-refractivity contribution in [2.45, 2.75) is 20.3 Å². The van der Waals surface area contributed by atoms with Crippen molar-refractivity contribution in [1.82, 2.24) is 19.7 Å². The van der Waals surface area contributed by atoms with Crippen LogP contribution in [-0.4, -0.2) is 58.9 Å². The maximum Gasteiger partial charge on any atom is 0.227 e. The maximum absolute atomic E-state index is 13.0. The SMILES string of the molecule is COc1ccc(N2CCN(C(=O)Cc3c(C)nn(-c4ccccc4)c3C)CC2)cn1. The number of amides is 1. The summed E-state index contributed by atoms with van der Waals surface area (Å²) in [6.07, 6.45) is 2.20. The van der Waals surface area contributed by atoms with Crippen LogP contribution in [-0.2, 0) is 11.2 Å². The predicted octanol–water partition coefficient (Wildman–Crippen LogP) is 2.78. The fourth-order valence-electron chi connectivity index (χ4n) is 3.91. The zero-order valence-electron chi connectivity index (χ0n) is 17.7. The van der Waals surface area contributed by atoms with E-state index in [-0.39, 0.29) is 5.91 Å². The minimum absolute atomic E-state index is 0.154. The number of benzene rings is 1. The first-order valence-corrected chi connectivity index (χ1v) is 10.2. The molecule has 4 rings (SSSR count). The van der Waals surface area contributed by atoms with Gasteiger partial charge in [0.2, 0.25) is 11.8 Å². The highest BCUT2D eigenvalue weighted by molar-refractivity contribution is 5.79. The maximum atomic E-state index is 13.0. The van der Waals surface area contributed by atoms with Gasteiger partial charge in [0.05, 0.1) is 36.8 Å². The van der Waals surface area contributed by atoms with E-state index < -0.39 is 0 Å². The Hall–Kier alpha value is -3.35. The minimum atomic E-state index is 0.154. The lowest BCUT2D eigenvalue weighted by atomic mass is 10.1. The Labute approximate surface area is 176 Å². The number of carbonyl (C=O) groups is 1. The number of para-hydroxylation sites is 1. The van der Waals surface area contributed by atoms with E-state index in [0.717, 1.165) is 41.4 Å². The molecule has 1 aliphatic rings. The molecule has 3 heterocycles. The second-order valence-electron chi connectivity index (χ2n) is 7.50. The molecule has 3 aromatic rings. The van der Waals surface area contributed by atoms with Crippen molar-refractivity contribution in [1.29, 1.82) is 0 Å². The molecule has 0 bridgehead atoms. The van der Waals surface area contributed by atoms with E-state index in [1.165, 1.54) is 0 Å². The lowest BCUT2D eigenvalue weighted by molar-refractivity contribution is -0.130.